The fourth-order valence-electron chi connectivity index (χ4n) is 3.27. The lowest BCUT2D eigenvalue weighted by atomic mass is 10.0. The predicted octanol–water partition coefficient (Wildman–Crippen LogP) is 2.34. The minimum atomic E-state index is 0.586. The number of hydrogen-bond donors (Lipinski definition) is 0. The van der Waals surface area contributed by atoms with Gasteiger partial charge in [-0.25, -0.2) is 15.0 Å². The highest BCUT2D eigenvalue weighted by Gasteiger charge is 2.24. The number of hydrogen-bond acceptors (Lipinski definition) is 5. The van der Waals surface area contributed by atoms with Crippen molar-refractivity contribution in [3.8, 4) is 11.4 Å². The smallest absolute Gasteiger partial charge is 0.225 e. The first-order chi connectivity index (χ1) is 11.8. The Morgan fingerprint density at radius 2 is 2.04 bits per heavy atom. The second kappa shape index (κ2) is 6.39. The zero-order valence-corrected chi connectivity index (χ0v) is 13.7. The molecule has 1 fully saturated rings. The summed E-state index contributed by atoms with van der Waals surface area (Å²) in [5, 5.41) is 0. The summed E-state index contributed by atoms with van der Waals surface area (Å²) in [6.07, 6.45) is 9.39. The van der Waals surface area contributed by atoms with Gasteiger partial charge < -0.3 is 9.47 Å². The van der Waals surface area contributed by atoms with Gasteiger partial charge in [-0.15, -0.1) is 0 Å². The number of aryl methyl sites for hydroxylation is 1. The third kappa shape index (κ3) is 2.99. The molecule has 1 atom stereocenters. The molecule has 6 heteroatoms. The monoisotopic (exact) mass is 320 g/mol. The summed E-state index contributed by atoms with van der Waals surface area (Å²) in [5.41, 5.74) is 3.16. The van der Waals surface area contributed by atoms with Crippen molar-refractivity contribution in [3.05, 3.63) is 54.9 Å². The third-order valence-corrected chi connectivity index (χ3v) is 4.50. The molecular weight excluding hydrogens is 300 g/mol. The lowest BCUT2D eigenvalue weighted by Gasteiger charge is -2.15. The number of anilines is 1. The van der Waals surface area contributed by atoms with Gasteiger partial charge >= 0.3 is 0 Å². The van der Waals surface area contributed by atoms with Crippen LogP contribution in [0, 0.1) is 5.92 Å². The quantitative estimate of drug-likeness (QED) is 0.738. The highest BCUT2D eigenvalue weighted by molar-refractivity contribution is 5.53. The van der Waals surface area contributed by atoms with Crippen LogP contribution in [0.2, 0.25) is 0 Å². The molecule has 0 spiro atoms. The van der Waals surface area contributed by atoms with Crippen molar-refractivity contribution in [2.24, 2.45) is 13.0 Å². The largest absolute Gasteiger partial charge is 0.341 e. The minimum absolute atomic E-state index is 0.586. The van der Waals surface area contributed by atoms with E-state index in [1.165, 1.54) is 0 Å². The molecule has 0 aliphatic carbocycles. The summed E-state index contributed by atoms with van der Waals surface area (Å²) >= 11 is 0. The summed E-state index contributed by atoms with van der Waals surface area (Å²) in [6, 6.07) is 8.09. The van der Waals surface area contributed by atoms with Crippen LogP contribution in [0.25, 0.3) is 11.4 Å². The van der Waals surface area contributed by atoms with Gasteiger partial charge in [0.2, 0.25) is 5.95 Å². The molecule has 24 heavy (non-hydrogen) atoms. The molecule has 6 nitrogen and oxygen atoms in total. The maximum Gasteiger partial charge on any atom is 0.225 e. The lowest BCUT2D eigenvalue weighted by Crippen LogP contribution is -2.22. The van der Waals surface area contributed by atoms with E-state index in [0.29, 0.717) is 5.92 Å². The van der Waals surface area contributed by atoms with Crippen LogP contribution in [-0.4, -0.2) is 37.6 Å². The van der Waals surface area contributed by atoms with Crippen LogP contribution in [-0.2, 0) is 13.5 Å². The molecule has 0 N–H and O–H groups in total. The van der Waals surface area contributed by atoms with Crippen molar-refractivity contribution in [2.45, 2.75) is 12.8 Å². The van der Waals surface area contributed by atoms with Crippen molar-refractivity contribution < 1.29 is 0 Å². The first-order valence-electron chi connectivity index (χ1n) is 8.24. The van der Waals surface area contributed by atoms with Gasteiger partial charge in [-0.05, 0) is 37.0 Å². The van der Waals surface area contributed by atoms with Crippen LogP contribution in [0.1, 0.15) is 12.1 Å². The van der Waals surface area contributed by atoms with E-state index in [-0.39, 0.29) is 0 Å². The van der Waals surface area contributed by atoms with Crippen molar-refractivity contribution in [3.63, 3.8) is 0 Å². The average Bonchev–Trinajstić information content (AvgIpc) is 3.25. The minimum Gasteiger partial charge on any atom is -0.341 e. The number of rotatable bonds is 4. The first-order valence-corrected chi connectivity index (χ1v) is 8.24. The predicted molar refractivity (Wildman–Crippen MR) is 92.5 cm³/mol. The van der Waals surface area contributed by atoms with Crippen molar-refractivity contribution >= 4 is 5.95 Å². The summed E-state index contributed by atoms with van der Waals surface area (Å²) in [5.74, 6) is 1.42. The number of aromatic nitrogens is 5. The van der Waals surface area contributed by atoms with E-state index >= 15 is 0 Å². The van der Waals surface area contributed by atoms with E-state index in [2.05, 4.69) is 32.0 Å². The zero-order valence-electron chi connectivity index (χ0n) is 13.7. The molecule has 3 aromatic rings. The van der Waals surface area contributed by atoms with Gasteiger partial charge in [0.05, 0.1) is 23.9 Å². The summed E-state index contributed by atoms with van der Waals surface area (Å²) < 4.78 is 2.00. The van der Waals surface area contributed by atoms with Crippen LogP contribution in [0.4, 0.5) is 5.95 Å². The zero-order chi connectivity index (χ0) is 16.4. The summed E-state index contributed by atoms with van der Waals surface area (Å²) in [6.45, 7) is 2.00. The second-order valence-corrected chi connectivity index (χ2v) is 6.26. The molecule has 122 valence electrons. The van der Waals surface area contributed by atoms with Crippen LogP contribution in [0.15, 0.2) is 49.2 Å². The molecule has 0 saturated carbocycles. The van der Waals surface area contributed by atoms with Crippen LogP contribution >= 0.6 is 0 Å². The Morgan fingerprint density at radius 3 is 2.83 bits per heavy atom. The Bertz CT molecular complexity index is 813. The maximum atomic E-state index is 4.83. The van der Waals surface area contributed by atoms with Gasteiger partial charge in [0.25, 0.3) is 0 Å². The van der Waals surface area contributed by atoms with Gasteiger partial charge in [-0.3, -0.25) is 4.98 Å². The molecule has 0 aromatic carbocycles. The van der Waals surface area contributed by atoms with Crippen molar-refractivity contribution in [1.82, 2.24) is 24.5 Å². The molecular formula is C18H20N6. The van der Waals surface area contributed by atoms with Gasteiger partial charge in [-0.1, -0.05) is 6.07 Å². The van der Waals surface area contributed by atoms with Crippen LogP contribution in [0.5, 0.6) is 0 Å². The molecule has 4 rings (SSSR count). The van der Waals surface area contributed by atoms with Crippen LogP contribution < -0.4 is 4.90 Å². The topological polar surface area (TPSA) is 59.7 Å². The maximum absolute atomic E-state index is 4.83. The second-order valence-electron chi connectivity index (χ2n) is 6.26. The van der Waals surface area contributed by atoms with E-state index in [4.69, 9.17) is 4.98 Å². The molecule has 0 radical (unpaired) electrons. The van der Waals surface area contributed by atoms with E-state index in [0.717, 1.165) is 49.0 Å². The van der Waals surface area contributed by atoms with Gasteiger partial charge in [0.15, 0.2) is 0 Å². The van der Waals surface area contributed by atoms with Crippen molar-refractivity contribution in [1.29, 1.82) is 0 Å². The van der Waals surface area contributed by atoms with Gasteiger partial charge in [0, 0.05) is 38.2 Å². The highest BCUT2D eigenvalue weighted by Crippen LogP contribution is 2.24. The van der Waals surface area contributed by atoms with E-state index in [1.54, 1.807) is 18.7 Å². The highest BCUT2D eigenvalue weighted by atomic mass is 15.3. The summed E-state index contributed by atoms with van der Waals surface area (Å²) in [7, 11) is 1.99. The van der Waals surface area contributed by atoms with Gasteiger partial charge in [-0.2, -0.15) is 0 Å². The Kier molecular flexibility index (Phi) is 3.94. The van der Waals surface area contributed by atoms with Gasteiger partial charge in [0.1, 0.15) is 0 Å². The molecule has 1 aliphatic rings. The molecule has 0 bridgehead atoms. The fourth-order valence-corrected chi connectivity index (χ4v) is 3.27. The van der Waals surface area contributed by atoms with E-state index in [1.807, 2.05) is 29.9 Å². The molecule has 4 heterocycles. The normalized spacial score (nSPS) is 17.4. The number of pyridine rings is 1. The van der Waals surface area contributed by atoms with E-state index in [9.17, 15) is 0 Å². The van der Waals surface area contributed by atoms with E-state index < -0.39 is 0 Å². The Morgan fingerprint density at radius 1 is 1.17 bits per heavy atom. The molecule has 1 saturated heterocycles. The van der Waals surface area contributed by atoms with Crippen LogP contribution in [0.3, 0.4) is 0 Å². The summed E-state index contributed by atoms with van der Waals surface area (Å²) in [4.78, 5) is 20.0. The molecule has 1 aliphatic heterocycles. The molecule has 0 amide bonds. The van der Waals surface area contributed by atoms with Crippen molar-refractivity contribution in [2.75, 3.05) is 18.0 Å². The molecule has 0 unspecified atom stereocenters. The Labute approximate surface area is 141 Å². The SMILES string of the molecule is Cn1cncc1-c1cccc(C[C@H]2CCN(c3ncccn3)C2)n1. The number of imidazole rings is 1. The third-order valence-electron chi connectivity index (χ3n) is 4.50. The lowest BCUT2D eigenvalue weighted by molar-refractivity contribution is 0.577. The Balaban J connectivity index is 1.46. The fraction of sp³-hybridized carbons (Fsp3) is 0.333. The Hall–Kier alpha value is -2.76. The molecule has 3 aromatic heterocycles. The number of nitrogens with zero attached hydrogens (tertiary/aromatic N) is 6. The standard InChI is InChI=1S/C18H20N6/c1-23-13-19-11-17(23)16-5-2-4-15(22-16)10-14-6-9-24(12-14)18-20-7-3-8-21-18/h2-5,7-8,11,13-14H,6,9-10,12H2,1H3/t14-/m1/s1. The average molecular weight is 320 g/mol. The first kappa shape index (κ1) is 14.8.